The van der Waals surface area contributed by atoms with Crippen molar-refractivity contribution in [2.45, 2.75) is 14.7 Å². The van der Waals surface area contributed by atoms with Gasteiger partial charge in [-0.25, -0.2) is 8.42 Å². The summed E-state index contributed by atoms with van der Waals surface area (Å²) >= 11 is 0. The lowest BCUT2D eigenvalue weighted by Gasteiger charge is -2.08. The highest BCUT2D eigenvalue weighted by atomic mass is 32.2. The molecule has 0 radical (unpaired) electrons. The largest absolute Gasteiger partial charge is 0.295 e. The van der Waals surface area contributed by atoms with Gasteiger partial charge < -0.3 is 0 Å². The van der Waals surface area contributed by atoms with Crippen molar-refractivity contribution in [1.82, 2.24) is 0 Å². The fraction of sp³-hybridized carbons (Fsp3) is 0. The third-order valence-electron chi connectivity index (χ3n) is 2.47. The average molecular weight is 328 g/mol. The van der Waals surface area contributed by atoms with Crippen LogP contribution in [0.5, 0.6) is 0 Å². The molecule has 0 aliphatic rings. The predicted molar refractivity (Wildman–Crippen MR) is 78.1 cm³/mol. The molecule has 0 saturated carbocycles. The summed E-state index contributed by atoms with van der Waals surface area (Å²) in [6.07, 6.45) is 0. The molecule has 5 nitrogen and oxygen atoms in total. The van der Waals surface area contributed by atoms with Crippen LogP contribution in [0.15, 0.2) is 69.3 Å². The summed E-state index contributed by atoms with van der Waals surface area (Å²) < 4.78 is 56.2. The van der Waals surface area contributed by atoms with Crippen molar-refractivity contribution in [3.05, 3.63) is 54.6 Å². The van der Waals surface area contributed by atoms with E-state index in [9.17, 15) is 16.8 Å². The van der Waals surface area contributed by atoms with Crippen molar-refractivity contribution in [3.8, 4) is 0 Å². The highest BCUT2D eigenvalue weighted by Crippen LogP contribution is 2.26. The van der Waals surface area contributed by atoms with Crippen LogP contribution < -0.4 is 0 Å². The van der Waals surface area contributed by atoms with Crippen LogP contribution >= 0.6 is 0 Å². The molecular formula is C12H13AlO5S2. The molecule has 0 unspecified atom stereocenters. The predicted octanol–water partition coefficient (Wildman–Crippen LogP) is 0.582. The maximum absolute atomic E-state index is 12.3. The molecule has 20 heavy (non-hydrogen) atoms. The molecule has 2 rings (SSSR count). The fourth-order valence-corrected chi connectivity index (χ4v) is 4.19. The maximum Gasteiger partial charge on any atom is 0.295 e. The Labute approximate surface area is 128 Å². The van der Waals surface area contributed by atoms with Crippen LogP contribution in [0, 0.1) is 0 Å². The first-order valence-electron chi connectivity index (χ1n) is 5.20. The van der Waals surface area contributed by atoms with E-state index in [2.05, 4.69) is 0 Å². The van der Waals surface area contributed by atoms with Crippen LogP contribution in [-0.4, -0.2) is 38.7 Å². The van der Waals surface area contributed by atoms with E-state index in [1.54, 1.807) is 6.07 Å². The van der Waals surface area contributed by atoms with Gasteiger partial charge in [-0.05, 0) is 24.3 Å². The minimum atomic E-state index is -4.60. The first-order chi connectivity index (χ1) is 8.83. The zero-order valence-corrected chi connectivity index (χ0v) is 11.2. The lowest BCUT2D eigenvalue weighted by atomic mass is 10.4. The zero-order valence-electron chi connectivity index (χ0n) is 9.59. The van der Waals surface area contributed by atoms with Crippen LogP contribution in [0.25, 0.3) is 0 Å². The van der Waals surface area contributed by atoms with E-state index in [0.717, 1.165) is 12.1 Å². The third-order valence-corrected chi connectivity index (χ3v) is 5.34. The quantitative estimate of drug-likeness (QED) is 0.658. The Morgan fingerprint density at radius 1 is 0.700 bits per heavy atom. The number of hydrogen-bond acceptors (Lipinski definition) is 4. The summed E-state index contributed by atoms with van der Waals surface area (Å²) in [5.74, 6) is 0. The summed E-state index contributed by atoms with van der Waals surface area (Å²) in [5, 5.41) is 0. The molecular weight excluding hydrogens is 315 g/mol. The highest BCUT2D eigenvalue weighted by Gasteiger charge is 2.26. The number of rotatable bonds is 3. The minimum absolute atomic E-state index is 0. The molecule has 1 N–H and O–H groups in total. The Morgan fingerprint density at radius 3 is 1.65 bits per heavy atom. The van der Waals surface area contributed by atoms with Crippen molar-refractivity contribution in [2.24, 2.45) is 0 Å². The molecule has 0 bridgehead atoms. The number of hydrogen-bond donors (Lipinski definition) is 1. The summed E-state index contributed by atoms with van der Waals surface area (Å²) in [7, 11) is -8.60. The van der Waals surface area contributed by atoms with Crippen molar-refractivity contribution >= 4 is 37.3 Å². The molecule has 0 spiro atoms. The van der Waals surface area contributed by atoms with Gasteiger partial charge in [0.25, 0.3) is 10.1 Å². The lowest BCUT2D eigenvalue weighted by molar-refractivity contribution is 0.480. The van der Waals surface area contributed by atoms with Gasteiger partial charge in [0, 0.05) is 0 Å². The van der Waals surface area contributed by atoms with E-state index < -0.39 is 29.7 Å². The first kappa shape index (κ1) is 16.9. The molecule has 0 saturated heterocycles. The van der Waals surface area contributed by atoms with Crippen LogP contribution in [0.2, 0.25) is 0 Å². The second-order valence-corrected chi connectivity index (χ2v) is 7.05. The SMILES string of the molecule is O=S(=O)(O)c1ccccc1S(=O)(=O)c1ccccc1.[AlH3]. The number of sulfone groups is 1. The Bertz CT molecular complexity index is 799. The van der Waals surface area contributed by atoms with Gasteiger partial charge in [0.05, 0.1) is 9.79 Å². The van der Waals surface area contributed by atoms with E-state index in [-0.39, 0.29) is 22.3 Å². The Balaban J connectivity index is 0.00000200. The Morgan fingerprint density at radius 2 is 1.15 bits per heavy atom. The first-order valence-corrected chi connectivity index (χ1v) is 8.12. The highest BCUT2D eigenvalue weighted by molar-refractivity contribution is 7.92. The molecule has 8 heteroatoms. The van der Waals surface area contributed by atoms with Gasteiger partial charge in [0.1, 0.15) is 4.90 Å². The minimum Gasteiger partial charge on any atom is -0.282 e. The molecule has 2 aromatic rings. The van der Waals surface area contributed by atoms with Gasteiger partial charge >= 0.3 is 0 Å². The van der Waals surface area contributed by atoms with E-state index in [1.165, 1.54) is 36.4 Å². The third kappa shape index (κ3) is 3.29. The van der Waals surface area contributed by atoms with E-state index in [4.69, 9.17) is 4.55 Å². The average Bonchev–Trinajstić information content (AvgIpc) is 2.39. The Kier molecular flexibility index (Phi) is 5.13. The van der Waals surface area contributed by atoms with Crippen molar-refractivity contribution in [3.63, 3.8) is 0 Å². The standard InChI is InChI=1S/C12H10O5S2.Al.3H/c13-18(14,10-6-2-1-3-7-10)11-8-4-5-9-12(11)19(15,16)17;;;;/h1-9H,(H,15,16,17);;;;. The number of benzene rings is 2. The molecule has 0 fully saturated rings. The molecule has 106 valence electrons. The second-order valence-electron chi connectivity index (χ2n) is 3.74. The van der Waals surface area contributed by atoms with Gasteiger partial charge in [0.2, 0.25) is 9.84 Å². The van der Waals surface area contributed by atoms with Crippen molar-refractivity contribution in [2.75, 3.05) is 0 Å². The van der Waals surface area contributed by atoms with E-state index >= 15 is 0 Å². The monoisotopic (exact) mass is 328 g/mol. The summed E-state index contributed by atoms with van der Waals surface area (Å²) in [5.41, 5.74) is 0. The molecule has 0 aromatic heterocycles. The van der Waals surface area contributed by atoms with Gasteiger partial charge in [-0.3, -0.25) is 4.55 Å². The van der Waals surface area contributed by atoms with Crippen molar-refractivity contribution in [1.29, 1.82) is 0 Å². The fourth-order valence-electron chi connectivity index (χ4n) is 1.61. The molecule has 0 heterocycles. The van der Waals surface area contributed by atoms with E-state index in [1.807, 2.05) is 0 Å². The molecule has 0 atom stereocenters. The smallest absolute Gasteiger partial charge is 0.282 e. The molecule has 2 aromatic carbocycles. The normalized spacial score (nSPS) is 11.7. The molecule has 0 aliphatic heterocycles. The van der Waals surface area contributed by atoms with Crippen LogP contribution in [0.4, 0.5) is 0 Å². The van der Waals surface area contributed by atoms with Crippen LogP contribution in [0.3, 0.4) is 0 Å². The molecule has 0 aliphatic carbocycles. The Hall–Kier alpha value is -1.17. The topological polar surface area (TPSA) is 88.5 Å². The second kappa shape index (κ2) is 6.08. The maximum atomic E-state index is 12.3. The van der Waals surface area contributed by atoms with Crippen LogP contribution in [-0.2, 0) is 20.0 Å². The summed E-state index contributed by atoms with van der Waals surface area (Å²) in [6, 6.07) is 12.3. The summed E-state index contributed by atoms with van der Waals surface area (Å²) in [4.78, 5) is -1.10. The van der Waals surface area contributed by atoms with Gasteiger partial charge in [0.15, 0.2) is 17.4 Å². The van der Waals surface area contributed by atoms with Gasteiger partial charge in [-0.15, -0.1) is 0 Å². The molecule has 0 amide bonds. The van der Waals surface area contributed by atoms with E-state index in [0.29, 0.717) is 0 Å². The van der Waals surface area contributed by atoms with Gasteiger partial charge in [-0.1, -0.05) is 30.3 Å². The van der Waals surface area contributed by atoms with Gasteiger partial charge in [-0.2, -0.15) is 8.42 Å². The summed E-state index contributed by atoms with van der Waals surface area (Å²) in [6.45, 7) is 0. The lowest BCUT2D eigenvalue weighted by Crippen LogP contribution is -2.09. The van der Waals surface area contributed by atoms with Crippen molar-refractivity contribution < 1.29 is 21.4 Å². The zero-order chi connectivity index (χ0) is 14.1. The van der Waals surface area contributed by atoms with Crippen LogP contribution in [0.1, 0.15) is 0 Å².